The number of aliphatic imine (C=N–C) groups is 1. The third kappa shape index (κ3) is 1.70. The number of hydrogen-bond acceptors (Lipinski definition) is 2. The molecule has 2 heteroatoms. The standard InChI is InChI=1S/C15H15NO/c1-17-14-8-7-12(11-5-3-2-4-6-11)15-13(14)9-10-16-15/h2-6,10H,7-9H2,1H3. The Morgan fingerprint density at radius 1 is 1.06 bits per heavy atom. The van der Waals surface area contributed by atoms with Crippen LogP contribution in [0.4, 0.5) is 0 Å². The Bertz CT molecular complexity index is 523. The molecular formula is C15H15NO. The highest BCUT2D eigenvalue weighted by molar-refractivity contribution is 5.82. The molecule has 0 amide bonds. The molecule has 2 aliphatic rings. The van der Waals surface area contributed by atoms with Crippen molar-refractivity contribution in [3.05, 3.63) is 52.9 Å². The molecule has 0 spiro atoms. The van der Waals surface area contributed by atoms with Crippen molar-refractivity contribution < 1.29 is 4.74 Å². The van der Waals surface area contributed by atoms with Crippen LogP contribution in [0, 0.1) is 0 Å². The summed E-state index contributed by atoms with van der Waals surface area (Å²) < 4.78 is 5.45. The number of ether oxygens (including phenoxy) is 1. The summed E-state index contributed by atoms with van der Waals surface area (Å²) in [6, 6.07) is 10.5. The molecule has 0 aromatic heterocycles. The largest absolute Gasteiger partial charge is 0.501 e. The summed E-state index contributed by atoms with van der Waals surface area (Å²) in [6.07, 6.45) is 4.90. The van der Waals surface area contributed by atoms with E-state index in [-0.39, 0.29) is 0 Å². The predicted molar refractivity (Wildman–Crippen MR) is 69.7 cm³/mol. The minimum Gasteiger partial charge on any atom is -0.501 e. The van der Waals surface area contributed by atoms with Gasteiger partial charge in [-0.2, -0.15) is 0 Å². The second-order valence-corrected chi connectivity index (χ2v) is 4.31. The first-order valence-electron chi connectivity index (χ1n) is 5.97. The zero-order valence-electron chi connectivity index (χ0n) is 9.94. The Hall–Kier alpha value is -1.83. The van der Waals surface area contributed by atoms with Gasteiger partial charge in [0.25, 0.3) is 0 Å². The van der Waals surface area contributed by atoms with Gasteiger partial charge in [0.15, 0.2) is 0 Å². The molecule has 0 radical (unpaired) electrons. The fourth-order valence-electron chi connectivity index (χ4n) is 2.56. The molecule has 0 saturated carbocycles. The van der Waals surface area contributed by atoms with Crippen LogP contribution in [0.15, 0.2) is 52.4 Å². The molecule has 86 valence electrons. The van der Waals surface area contributed by atoms with Crippen molar-refractivity contribution in [1.29, 1.82) is 0 Å². The van der Waals surface area contributed by atoms with Crippen LogP contribution in [0.5, 0.6) is 0 Å². The Morgan fingerprint density at radius 3 is 2.65 bits per heavy atom. The first-order valence-corrected chi connectivity index (χ1v) is 5.97. The van der Waals surface area contributed by atoms with Crippen molar-refractivity contribution in [1.82, 2.24) is 0 Å². The maximum Gasteiger partial charge on any atom is 0.102 e. The molecule has 17 heavy (non-hydrogen) atoms. The third-order valence-corrected chi connectivity index (χ3v) is 3.39. The highest BCUT2D eigenvalue weighted by Gasteiger charge is 2.25. The molecule has 3 rings (SSSR count). The van der Waals surface area contributed by atoms with E-state index in [1.165, 1.54) is 16.7 Å². The average molecular weight is 225 g/mol. The van der Waals surface area contributed by atoms with Gasteiger partial charge in [0.1, 0.15) is 5.76 Å². The van der Waals surface area contributed by atoms with E-state index >= 15 is 0 Å². The summed E-state index contributed by atoms with van der Waals surface area (Å²) in [7, 11) is 1.76. The van der Waals surface area contributed by atoms with Gasteiger partial charge >= 0.3 is 0 Å². The van der Waals surface area contributed by atoms with E-state index in [1.807, 2.05) is 12.3 Å². The summed E-state index contributed by atoms with van der Waals surface area (Å²) in [5, 5.41) is 0. The van der Waals surface area contributed by atoms with Gasteiger partial charge in [0.05, 0.1) is 12.8 Å². The molecule has 1 heterocycles. The Kier molecular flexibility index (Phi) is 2.56. The second-order valence-electron chi connectivity index (χ2n) is 4.31. The molecule has 0 saturated heterocycles. The van der Waals surface area contributed by atoms with Gasteiger partial charge in [0.2, 0.25) is 0 Å². The topological polar surface area (TPSA) is 21.6 Å². The van der Waals surface area contributed by atoms with Crippen LogP contribution >= 0.6 is 0 Å². The van der Waals surface area contributed by atoms with Crippen molar-refractivity contribution in [2.24, 2.45) is 4.99 Å². The average Bonchev–Trinajstić information content (AvgIpc) is 2.88. The number of allylic oxidation sites excluding steroid dienone is 3. The number of fused-ring (bicyclic) bond motifs is 1. The molecule has 1 aromatic rings. The van der Waals surface area contributed by atoms with Gasteiger partial charge in [-0.05, 0) is 17.6 Å². The van der Waals surface area contributed by atoms with Crippen molar-refractivity contribution in [2.45, 2.75) is 19.3 Å². The van der Waals surface area contributed by atoms with Gasteiger partial charge in [-0.25, -0.2) is 0 Å². The lowest BCUT2D eigenvalue weighted by Crippen LogP contribution is -2.03. The van der Waals surface area contributed by atoms with Crippen LogP contribution in [0.25, 0.3) is 5.57 Å². The van der Waals surface area contributed by atoms with Crippen LogP contribution in [0.1, 0.15) is 24.8 Å². The normalized spacial score (nSPS) is 18.6. The summed E-state index contributed by atoms with van der Waals surface area (Å²) in [4.78, 5) is 4.53. The second kappa shape index (κ2) is 4.21. The van der Waals surface area contributed by atoms with Crippen molar-refractivity contribution >= 4 is 11.8 Å². The minimum absolute atomic E-state index is 0.912. The van der Waals surface area contributed by atoms with E-state index in [2.05, 4.69) is 29.3 Å². The summed E-state index contributed by atoms with van der Waals surface area (Å²) in [6.45, 7) is 0. The van der Waals surface area contributed by atoms with E-state index in [0.717, 1.165) is 30.7 Å². The van der Waals surface area contributed by atoms with Gasteiger partial charge in [-0.1, -0.05) is 30.3 Å². The molecule has 0 N–H and O–H groups in total. The Balaban J connectivity index is 2.12. The lowest BCUT2D eigenvalue weighted by molar-refractivity contribution is 0.272. The number of methoxy groups -OCH3 is 1. The van der Waals surface area contributed by atoms with Crippen LogP contribution in [-0.4, -0.2) is 13.3 Å². The number of nitrogens with zero attached hydrogens (tertiary/aromatic N) is 1. The molecule has 1 aliphatic carbocycles. The van der Waals surface area contributed by atoms with E-state index in [0.29, 0.717) is 0 Å². The summed E-state index contributed by atoms with van der Waals surface area (Å²) in [5.74, 6) is 1.11. The summed E-state index contributed by atoms with van der Waals surface area (Å²) >= 11 is 0. The van der Waals surface area contributed by atoms with Crippen LogP contribution in [0.3, 0.4) is 0 Å². The number of hydrogen-bond donors (Lipinski definition) is 0. The molecule has 1 aromatic carbocycles. The van der Waals surface area contributed by atoms with Crippen LogP contribution < -0.4 is 0 Å². The van der Waals surface area contributed by atoms with E-state index in [4.69, 9.17) is 4.74 Å². The molecular weight excluding hydrogens is 210 g/mol. The molecule has 0 fully saturated rings. The zero-order chi connectivity index (χ0) is 11.7. The van der Waals surface area contributed by atoms with Crippen molar-refractivity contribution in [3.8, 4) is 0 Å². The van der Waals surface area contributed by atoms with E-state index in [1.54, 1.807) is 7.11 Å². The SMILES string of the molecule is COC1=C2CC=NC2=C(c2ccccc2)CC1. The van der Waals surface area contributed by atoms with Gasteiger partial charge < -0.3 is 4.74 Å². The Morgan fingerprint density at radius 2 is 1.88 bits per heavy atom. The van der Waals surface area contributed by atoms with E-state index in [9.17, 15) is 0 Å². The molecule has 0 unspecified atom stereocenters. The Labute approximate surface area is 101 Å². The van der Waals surface area contributed by atoms with Gasteiger partial charge in [-0.3, -0.25) is 4.99 Å². The van der Waals surface area contributed by atoms with Gasteiger partial charge in [-0.15, -0.1) is 0 Å². The molecule has 0 atom stereocenters. The monoisotopic (exact) mass is 225 g/mol. The van der Waals surface area contributed by atoms with Crippen molar-refractivity contribution in [2.75, 3.05) is 7.11 Å². The van der Waals surface area contributed by atoms with Crippen molar-refractivity contribution in [3.63, 3.8) is 0 Å². The first-order chi connectivity index (χ1) is 8.40. The zero-order valence-corrected chi connectivity index (χ0v) is 9.94. The van der Waals surface area contributed by atoms with Crippen LogP contribution in [0.2, 0.25) is 0 Å². The van der Waals surface area contributed by atoms with Crippen LogP contribution in [-0.2, 0) is 4.74 Å². The fourth-order valence-corrected chi connectivity index (χ4v) is 2.56. The van der Waals surface area contributed by atoms with E-state index < -0.39 is 0 Å². The molecule has 1 aliphatic heterocycles. The highest BCUT2D eigenvalue weighted by atomic mass is 16.5. The quantitative estimate of drug-likeness (QED) is 0.754. The molecule has 0 bridgehead atoms. The minimum atomic E-state index is 0.912. The summed E-state index contributed by atoms with van der Waals surface area (Å²) in [5.41, 5.74) is 5.06. The molecule has 2 nitrogen and oxygen atoms in total. The lowest BCUT2D eigenvalue weighted by Gasteiger charge is -2.20. The predicted octanol–water partition coefficient (Wildman–Crippen LogP) is 3.57. The maximum atomic E-state index is 5.45. The first kappa shape index (κ1) is 10.3. The lowest BCUT2D eigenvalue weighted by atomic mass is 9.90. The fraction of sp³-hybridized carbons (Fsp3) is 0.267. The number of benzene rings is 1. The number of rotatable bonds is 2. The third-order valence-electron chi connectivity index (χ3n) is 3.39. The van der Waals surface area contributed by atoms with Gasteiger partial charge in [0, 0.05) is 24.6 Å². The highest BCUT2D eigenvalue weighted by Crippen LogP contribution is 2.40. The maximum absolute atomic E-state index is 5.45. The smallest absolute Gasteiger partial charge is 0.102 e.